The van der Waals surface area contributed by atoms with Crippen LogP contribution in [0.3, 0.4) is 0 Å². The molecule has 0 saturated carbocycles. The number of hydrogen-bond acceptors (Lipinski definition) is 5. The predicted octanol–water partition coefficient (Wildman–Crippen LogP) is 4.95. The molecule has 1 aliphatic heterocycles. The third-order valence-electron chi connectivity index (χ3n) is 6.55. The van der Waals surface area contributed by atoms with Gasteiger partial charge in [-0.2, -0.15) is 0 Å². The van der Waals surface area contributed by atoms with Crippen molar-refractivity contribution in [1.82, 2.24) is 14.5 Å². The van der Waals surface area contributed by atoms with Crippen molar-refractivity contribution in [1.29, 1.82) is 0 Å². The van der Waals surface area contributed by atoms with E-state index in [-0.39, 0.29) is 35.4 Å². The first kappa shape index (κ1) is 27.1. The molecule has 0 radical (unpaired) electrons. The van der Waals surface area contributed by atoms with Crippen LogP contribution in [0.5, 0.6) is 0 Å². The van der Waals surface area contributed by atoms with Gasteiger partial charge in [0.2, 0.25) is 15.0 Å². The molecule has 0 spiro atoms. The average Bonchev–Trinajstić information content (AvgIpc) is 3.49. The first-order valence-corrected chi connectivity index (χ1v) is 14.6. The molecule has 4 rings (SSSR count). The standard InChI is InChI=1S/C29H37N3O4S/c1-21(2)17-32-26(16-30-29(32)37(34,35)20-24-8-5-7-23(4)15-24)18-31(19-27-9-6-14-36-27)28(33)25-12-10-22(3)11-13-25/h5,7-8,10-13,15-16,21,27H,6,9,14,17-20H2,1-4H3/t27-/m1/s1. The predicted molar refractivity (Wildman–Crippen MR) is 144 cm³/mol. The number of aromatic nitrogens is 2. The highest BCUT2D eigenvalue weighted by Gasteiger charge is 2.28. The van der Waals surface area contributed by atoms with E-state index in [1.807, 2.05) is 76.2 Å². The molecule has 1 amide bonds. The molecule has 0 N–H and O–H groups in total. The van der Waals surface area contributed by atoms with Crippen LogP contribution in [-0.4, -0.2) is 48.0 Å². The molecule has 8 heteroatoms. The molecule has 0 unspecified atom stereocenters. The maximum atomic E-state index is 13.6. The molecule has 0 aliphatic carbocycles. The number of amides is 1. The van der Waals surface area contributed by atoms with E-state index in [0.29, 0.717) is 31.0 Å². The van der Waals surface area contributed by atoms with E-state index in [4.69, 9.17) is 4.74 Å². The Morgan fingerprint density at radius 2 is 1.89 bits per heavy atom. The summed E-state index contributed by atoms with van der Waals surface area (Å²) in [4.78, 5) is 19.7. The van der Waals surface area contributed by atoms with Crippen LogP contribution >= 0.6 is 0 Å². The van der Waals surface area contributed by atoms with Crippen molar-refractivity contribution >= 4 is 15.7 Å². The molecule has 2 heterocycles. The van der Waals surface area contributed by atoms with E-state index in [1.165, 1.54) is 0 Å². The Morgan fingerprint density at radius 1 is 1.14 bits per heavy atom. The van der Waals surface area contributed by atoms with Crippen molar-refractivity contribution in [3.8, 4) is 0 Å². The van der Waals surface area contributed by atoms with Gasteiger partial charge in [0.05, 0.1) is 30.3 Å². The smallest absolute Gasteiger partial charge is 0.254 e. The second kappa shape index (κ2) is 11.6. The molecular formula is C29H37N3O4S. The third-order valence-corrected chi connectivity index (χ3v) is 8.15. The van der Waals surface area contributed by atoms with Crippen molar-refractivity contribution in [3.63, 3.8) is 0 Å². The first-order chi connectivity index (χ1) is 17.6. The molecule has 0 bridgehead atoms. The van der Waals surface area contributed by atoms with Crippen LogP contribution in [0, 0.1) is 19.8 Å². The molecule has 7 nitrogen and oxygen atoms in total. The number of benzene rings is 2. The molecule has 3 aromatic rings. The van der Waals surface area contributed by atoms with Crippen LogP contribution in [-0.2, 0) is 33.4 Å². The van der Waals surface area contributed by atoms with Gasteiger partial charge in [0, 0.05) is 25.3 Å². The second-order valence-corrected chi connectivity index (χ2v) is 12.4. The van der Waals surface area contributed by atoms with E-state index < -0.39 is 9.84 Å². The number of ether oxygens (including phenoxy) is 1. The fourth-order valence-corrected chi connectivity index (χ4v) is 6.23. The number of carbonyl (C=O) groups is 1. The summed E-state index contributed by atoms with van der Waals surface area (Å²) in [6.07, 6.45) is 3.46. The molecule has 1 atom stereocenters. The second-order valence-electron chi connectivity index (χ2n) is 10.5. The minimum Gasteiger partial charge on any atom is -0.376 e. The van der Waals surface area contributed by atoms with Crippen molar-refractivity contribution < 1.29 is 17.9 Å². The van der Waals surface area contributed by atoms with Gasteiger partial charge >= 0.3 is 0 Å². The van der Waals surface area contributed by atoms with E-state index in [9.17, 15) is 13.2 Å². The maximum Gasteiger partial charge on any atom is 0.254 e. The summed E-state index contributed by atoms with van der Waals surface area (Å²) in [6, 6.07) is 15.1. The Balaban J connectivity index is 1.66. The zero-order chi connectivity index (χ0) is 26.6. The summed E-state index contributed by atoms with van der Waals surface area (Å²) >= 11 is 0. The Labute approximate surface area is 220 Å². The van der Waals surface area contributed by atoms with Crippen LogP contribution in [0.15, 0.2) is 59.9 Å². The average molecular weight is 524 g/mol. The van der Waals surface area contributed by atoms with Crippen molar-refractivity contribution in [2.45, 2.75) is 70.6 Å². The van der Waals surface area contributed by atoms with Gasteiger partial charge < -0.3 is 14.2 Å². The van der Waals surface area contributed by atoms with E-state index in [1.54, 1.807) is 15.7 Å². The molecular weight excluding hydrogens is 486 g/mol. The number of aryl methyl sites for hydroxylation is 2. The third kappa shape index (κ3) is 6.87. The number of rotatable bonds is 10. The van der Waals surface area contributed by atoms with Crippen molar-refractivity contribution in [3.05, 3.63) is 82.7 Å². The Hall–Kier alpha value is -2.97. The van der Waals surface area contributed by atoms with Crippen LogP contribution < -0.4 is 0 Å². The summed E-state index contributed by atoms with van der Waals surface area (Å²) in [7, 11) is -3.70. The van der Waals surface area contributed by atoms with Crippen LogP contribution in [0.4, 0.5) is 0 Å². The lowest BCUT2D eigenvalue weighted by Crippen LogP contribution is -2.37. The number of hydrogen-bond donors (Lipinski definition) is 0. The van der Waals surface area contributed by atoms with E-state index in [2.05, 4.69) is 4.98 Å². The maximum absolute atomic E-state index is 13.6. The van der Waals surface area contributed by atoms with Gasteiger partial charge in [-0.15, -0.1) is 0 Å². The van der Waals surface area contributed by atoms with Gasteiger partial charge in [-0.25, -0.2) is 13.4 Å². The van der Waals surface area contributed by atoms with E-state index in [0.717, 1.165) is 29.5 Å². The first-order valence-electron chi connectivity index (χ1n) is 12.9. The highest BCUT2D eigenvalue weighted by molar-refractivity contribution is 7.90. The lowest BCUT2D eigenvalue weighted by Gasteiger charge is -2.26. The monoisotopic (exact) mass is 523 g/mol. The molecule has 2 aromatic carbocycles. The normalized spacial score (nSPS) is 15.9. The molecule has 1 aromatic heterocycles. The van der Waals surface area contributed by atoms with Crippen LogP contribution in [0.25, 0.3) is 0 Å². The zero-order valence-corrected chi connectivity index (χ0v) is 23.0. The van der Waals surface area contributed by atoms with E-state index >= 15 is 0 Å². The van der Waals surface area contributed by atoms with Crippen molar-refractivity contribution in [2.75, 3.05) is 13.2 Å². The van der Waals surface area contributed by atoms with Crippen LogP contribution in [0.1, 0.15) is 59.4 Å². The molecule has 198 valence electrons. The lowest BCUT2D eigenvalue weighted by molar-refractivity contribution is 0.0501. The Kier molecular flexibility index (Phi) is 8.49. The summed E-state index contributed by atoms with van der Waals surface area (Å²) in [6.45, 7) is 9.92. The summed E-state index contributed by atoms with van der Waals surface area (Å²) in [5, 5.41) is 0.0533. The van der Waals surface area contributed by atoms with Gasteiger partial charge in [-0.05, 0) is 50.3 Å². The fourth-order valence-electron chi connectivity index (χ4n) is 4.74. The fraction of sp³-hybridized carbons (Fsp3) is 0.448. The topological polar surface area (TPSA) is 81.5 Å². The minimum absolute atomic E-state index is 0.0274. The summed E-state index contributed by atoms with van der Waals surface area (Å²) < 4.78 is 34.6. The quantitative estimate of drug-likeness (QED) is 0.376. The zero-order valence-electron chi connectivity index (χ0n) is 22.2. The summed E-state index contributed by atoms with van der Waals surface area (Å²) in [5.74, 6) is -0.0252. The molecule has 1 saturated heterocycles. The van der Waals surface area contributed by atoms with Crippen LogP contribution in [0.2, 0.25) is 0 Å². The van der Waals surface area contributed by atoms with Gasteiger partial charge in [-0.3, -0.25) is 4.79 Å². The Bertz CT molecular complexity index is 1320. The van der Waals surface area contributed by atoms with Crippen molar-refractivity contribution in [2.24, 2.45) is 5.92 Å². The SMILES string of the molecule is Cc1ccc(C(=O)N(Cc2cnc(S(=O)(=O)Cc3cccc(C)c3)n2CC(C)C)C[C@H]2CCCO2)cc1. The molecule has 1 fully saturated rings. The van der Waals surface area contributed by atoms with Gasteiger partial charge in [0.1, 0.15) is 0 Å². The number of sulfone groups is 1. The molecule has 37 heavy (non-hydrogen) atoms. The lowest BCUT2D eigenvalue weighted by atomic mass is 10.1. The highest BCUT2D eigenvalue weighted by Crippen LogP contribution is 2.23. The molecule has 1 aliphatic rings. The largest absolute Gasteiger partial charge is 0.376 e. The van der Waals surface area contributed by atoms with Gasteiger partial charge in [0.15, 0.2) is 0 Å². The minimum atomic E-state index is -3.70. The van der Waals surface area contributed by atoms with Gasteiger partial charge in [-0.1, -0.05) is 61.4 Å². The highest BCUT2D eigenvalue weighted by atomic mass is 32.2. The number of carbonyl (C=O) groups excluding carboxylic acids is 1. The number of nitrogens with zero attached hydrogens (tertiary/aromatic N) is 3. The number of imidazole rings is 1. The Morgan fingerprint density at radius 3 is 2.54 bits per heavy atom. The van der Waals surface area contributed by atoms with Gasteiger partial charge in [0.25, 0.3) is 5.91 Å². The summed E-state index contributed by atoms with van der Waals surface area (Å²) in [5.41, 5.74) is 4.13.